The predicted molar refractivity (Wildman–Crippen MR) is 71.0 cm³/mol. The summed E-state index contributed by atoms with van der Waals surface area (Å²) in [6, 6.07) is 11.1. The zero-order chi connectivity index (χ0) is 12.1. The van der Waals surface area contributed by atoms with E-state index in [4.69, 9.17) is 4.74 Å². The SMILES string of the molecule is CC(C)OC(c1ccccc1)C1CCCCN1. The van der Waals surface area contributed by atoms with Crippen LogP contribution < -0.4 is 5.32 Å². The molecule has 2 unspecified atom stereocenters. The number of hydrogen-bond donors (Lipinski definition) is 1. The van der Waals surface area contributed by atoms with Crippen molar-refractivity contribution in [3.05, 3.63) is 35.9 Å². The first kappa shape index (κ1) is 12.6. The van der Waals surface area contributed by atoms with Crippen LogP contribution in [0.4, 0.5) is 0 Å². The predicted octanol–water partition coefficient (Wildman–Crippen LogP) is 3.29. The van der Waals surface area contributed by atoms with Gasteiger partial charge in [0, 0.05) is 6.04 Å². The molecule has 0 aromatic heterocycles. The second-order valence-corrected chi connectivity index (χ2v) is 5.07. The van der Waals surface area contributed by atoms with Crippen molar-refractivity contribution in [2.24, 2.45) is 0 Å². The summed E-state index contributed by atoms with van der Waals surface area (Å²) in [5, 5.41) is 3.60. The lowest BCUT2D eigenvalue weighted by Gasteiger charge is -2.33. The van der Waals surface area contributed by atoms with E-state index >= 15 is 0 Å². The second kappa shape index (κ2) is 6.18. The molecular formula is C15H23NO. The smallest absolute Gasteiger partial charge is 0.0981 e. The fourth-order valence-electron chi connectivity index (χ4n) is 2.48. The summed E-state index contributed by atoms with van der Waals surface area (Å²) in [7, 11) is 0. The Balaban J connectivity index is 2.12. The van der Waals surface area contributed by atoms with Crippen LogP contribution in [0.5, 0.6) is 0 Å². The van der Waals surface area contributed by atoms with E-state index in [1.807, 2.05) is 0 Å². The van der Waals surface area contributed by atoms with E-state index in [1.54, 1.807) is 0 Å². The van der Waals surface area contributed by atoms with Crippen molar-refractivity contribution >= 4 is 0 Å². The topological polar surface area (TPSA) is 21.3 Å². The van der Waals surface area contributed by atoms with Crippen LogP contribution in [0, 0.1) is 0 Å². The quantitative estimate of drug-likeness (QED) is 0.861. The standard InChI is InChI=1S/C15H23NO/c1-12(2)17-15(13-8-4-3-5-9-13)14-10-6-7-11-16-14/h3-5,8-9,12,14-16H,6-7,10-11H2,1-2H3. The van der Waals surface area contributed by atoms with Crippen LogP contribution in [-0.4, -0.2) is 18.7 Å². The highest BCUT2D eigenvalue weighted by Gasteiger charge is 2.25. The molecule has 1 saturated heterocycles. The van der Waals surface area contributed by atoms with Crippen molar-refractivity contribution in [3.8, 4) is 0 Å². The molecule has 0 bridgehead atoms. The van der Waals surface area contributed by atoms with E-state index < -0.39 is 0 Å². The van der Waals surface area contributed by atoms with E-state index in [1.165, 1.54) is 24.8 Å². The summed E-state index contributed by atoms with van der Waals surface area (Å²) in [6.45, 7) is 5.34. The molecule has 2 heteroatoms. The molecular weight excluding hydrogens is 210 g/mol. The van der Waals surface area contributed by atoms with Crippen LogP contribution in [0.2, 0.25) is 0 Å². The molecule has 0 radical (unpaired) electrons. The van der Waals surface area contributed by atoms with Gasteiger partial charge >= 0.3 is 0 Å². The first-order chi connectivity index (χ1) is 8.27. The highest BCUT2D eigenvalue weighted by Crippen LogP contribution is 2.27. The molecule has 0 spiro atoms. The first-order valence-electron chi connectivity index (χ1n) is 6.71. The summed E-state index contributed by atoms with van der Waals surface area (Å²) in [5.74, 6) is 0. The van der Waals surface area contributed by atoms with E-state index in [9.17, 15) is 0 Å². The third-order valence-electron chi connectivity index (χ3n) is 3.26. The minimum Gasteiger partial charge on any atom is -0.369 e. The van der Waals surface area contributed by atoms with Gasteiger partial charge in [0.05, 0.1) is 12.2 Å². The van der Waals surface area contributed by atoms with Crippen LogP contribution >= 0.6 is 0 Å². The van der Waals surface area contributed by atoms with Crippen LogP contribution in [0.1, 0.15) is 44.8 Å². The van der Waals surface area contributed by atoms with Crippen LogP contribution in [-0.2, 0) is 4.74 Å². The number of benzene rings is 1. The monoisotopic (exact) mass is 233 g/mol. The molecule has 1 N–H and O–H groups in total. The molecule has 1 aromatic carbocycles. The summed E-state index contributed by atoms with van der Waals surface area (Å²) in [6.07, 6.45) is 4.27. The number of piperidine rings is 1. The van der Waals surface area contributed by atoms with Gasteiger partial charge in [0.25, 0.3) is 0 Å². The summed E-state index contributed by atoms with van der Waals surface area (Å²) >= 11 is 0. The Hall–Kier alpha value is -0.860. The maximum absolute atomic E-state index is 6.11. The normalized spacial score (nSPS) is 22.6. The maximum atomic E-state index is 6.11. The van der Waals surface area contributed by atoms with Crippen molar-refractivity contribution in [2.75, 3.05) is 6.54 Å². The molecule has 94 valence electrons. The first-order valence-corrected chi connectivity index (χ1v) is 6.71. The fourth-order valence-corrected chi connectivity index (χ4v) is 2.48. The minimum atomic E-state index is 0.191. The van der Waals surface area contributed by atoms with Crippen molar-refractivity contribution in [2.45, 2.75) is 51.4 Å². The molecule has 1 aliphatic rings. The Morgan fingerprint density at radius 1 is 1.18 bits per heavy atom. The average molecular weight is 233 g/mol. The Bertz CT molecular complexity index is 317. The van der Waals surface area contributed by atoms with Gasteiger partial charge in [-0.15, -0.1) is 0 Å². The average Bonchev–Trinajstić information content (AvgIpc) is 2.38. The maximum Gasteiger partial charge on any atom is 0.0981 e. The van der Waals surface area contributed by atoms with Crippen LogP contribution in [0.15, 0.2) is 30.3 Å². The third-order valence-corrected chi connectivity index (χ3v) is 3.26. The van der Waals surface area contributed by atoms with E-state index in [2.05, 4.69) is 49.5 Å². The number of nitrogens with one attached hydrogen (secondary N) is 1. The van der Waals surface area contributed by atoms with Crippen molar-refractivity contribution in [3.63, 3.8) is 0 Å². The molecule has 1 aromatic rings. The zero-order valence-electron chi connectivity index (χ0n) is 10.9. The molecule has 0 amide bonds. The molecule has 0 saturated carbocycles. The van der Waals surface area contributed by atoms with Gasteiger partial charge in [-0.3, -0.25) is 0 Å². The lowest BCUT2D eigenvalue weighted by atomic mass is 9.94. The lowest BCUT2D eigenvalue weighted by molar-refractivity contribution is -0.0209. The third kappa shape index (κ3) is 3.55. The van der Waals surface area contributed by atoms with Gasteiger partial charge in [-0.25, -0.2) is 0 Å². The number of hydrogen-bond acceptors (Lipinski definition) is 2. The van der Waals surface area contributed by atoms with E-state index in [0.29, 0.717) is 6.04 Å². The van der Waals surface area contributed by atoms with Crippen molar-refractivity contribution < 1.29 is 4.74 Å². The largest absolute Gasteiger partial charge is 0.369 e. The summed E-state index contributed by atoms with van der Waals surface area (Å²) in [5.41, 5.74) is 1.29. The minimum absolute atomic E-state index is 0.191. The molecule has 1 heterocycles. The summed E-state index contributed by atoms with van der Waals surface area (Å²) < 4.78 is 6.11. The molecule has 2 nitrogen and oxygen atoms in total. The van der Waals surface area contributed by atoms with E-state index in [-0.39, 0.29) is 12.2 Å². The second-order valence-electron chi connectivity index (χ2n) is 5.07. The molecule has 1 fully saturated rings. The van der Waals surface area contributed by atoms with Gasteiger partial charge in [0.1, 0.15) is 0 Å². The van der Waals surface area contributed by atoms with Gasteiger partial charge in [-0.05, 0) is 38.8 Å². The summed E-state index contributed by atoms with van der Waals surface area (Å²) in [4.78, 5) is 0. The molecule has 2 rings (SSSR count). The Kier molecular flexibility index (Phi) is 4.57. The molecule has 17 heavy (non-hydrogen) atoms. The fraction of sp³-hybridized carbons (Fsp3) is 0.600. The van der Waals surface area contributed by atoms with Crippen molar-refractivity contribution in [1.82, 2.24) is 5.32 Å². The highest BCUT2D eigenvalue weighted by molar-refractivity contribution is 5.19. The van der Waals surface area contributed by atoms with Crippen LogP contribution in [0.3, 0.4) is 0 Å². The lowest BCUT2D eigenvalue weighted by Crippen LogP contribution is -2.40. The van der Waals surface area contributed by atoms with Gasteiger partial charge < -0.3 is 10.1 Å². The number of rotatable bonds is 4. The van der Waals surface area contributed by atoms with Gasteiger partial charge in [0.15, 0.2) is 0 Å². The van der Waals surface area contributed by atoms with Gasteiger partial charge in [0.2, 0.25) is 0 Å². The van der Waals surface area contributed by atoms with Crippen molar-refractivity contribution in [1.29, 1.82) is 0 Å². The number of ether oxygens (including phenoxy) is 1. The Morgan fingerprint density at radius 2 is 1.94 bits per heavy atom. The van der Waals surface area contributed by atoms with Gasteiger partial charge in [-0.2, -0.15) is 0 Å². The Labute approximate surface area is 104 Å². The van der Waals surface area contributed by atoms with E-state index in [0.717, 1.165) is 6.54 Å². The molecule has 0 aliphatic carbocycles. The zero-order valence-corrected chi connectivity index (χ0v) is 10.9. The Morgan fingerprint density at radius 3 is 2.53 bits per heavy atom. The van der Waals surface area contributed by atoms with Crippen LogP contribution in [0.25, 0.3) is 0 Å². The molecule has 1 aliphatic heterocycles. The highest BCUT2D eigenvalue weighted by atomic mass is 16.5. The van der Waals surface area contributed by atoms with Gasteiger partial charge in [-0.1, -0.05) is 36.8 Å². The molecule has 2 atom stereocenters.